The van der Waals surface area contributed by atoms with Gasteiger partial charge in [0, 0.05) is 31.6 Å². The van der Waals surface area contributed by atoms with E-state index < -0.39 is 52.7 Å². The maximum Gasteiger partial charge on any atom is 0.426 e. The molecule has 1 aromatic rings. The summed E-state index contributed by atoms with van der Waals surface area (Å²) < 4.78 is 58.5. The summed E-state index contributed by atoms with van der Waals surface area (Å²) in [5.41, 5.74) is -4.25. The second kappa shape index (κ2) is 8.40. The number of aliphatic hydroxyl groups is 1. The summed E-state index contributed by atoms with van der Waals surface area (Å²) >= 11 is 0. The van der Waals surface area contributed by atoms with Crippen molar-refractivity contribution in [2.24, 2.45) is 11.3 Å². The van der Waals surface area contributed by atoms with Crippen molar-refractivity contribution in [3.05, 3.63) is 29.6 Å². The third-order valence-electron chi connectivity index (χ3n) is 7.14. The topological polar surface area (TPSA) is 108 Å². The minimum atomic E-state index is -5.15. The van der Waals surface area contributed by atoms with Crippen LogP contribution in [0, 0.1) is 17.2 Å². The number of alkyl halides is 3. The van der Waals surface area contributed by atoms with Gasteiger partial charge in [-0.15, -0.1) is 0 Å². The molecule has 3 amide bonds. The molecule has 34 heavy (non-hydrogen) atoms. The monoisotopic (exact) mass is 487 g/mol. The summed E-state index contributed by atoms with van der Waals surface area (Å²) in [7, 11) is 0. The van der Waals surface area contributed by atoms with E-state index in [1.54, 1.807) is 0 Å². The molecule has 4 rings (SSSR count). The standard InChI is InChI=1S/C22H25F4N3O5/c1-20(33,22(24,25)26)19(32)29-7-5-21(6-8-29)14(11-27-18(21)31)17(30)28-15-4-9-34-16-3-2-12(23)10-13(15)16/h2-3,10,14-15,33H,4-9,11H2,1H3,(H,27,31)(H,28,30). The summed E-state index contributed by atoms with van der Waals surface area (Å²) in [6.45, 7) is 0.318. The van der Waals surface area contributed by atoms with Gasteiger partial charge in [0.1, 0.15) is 11.6 Å². The van der Waals surface area contributed by atoms with Crippen molar-refractivity contribution < 1.29 is 41.8 Å². The van der Waals surface area contributed by atoms with E-state index in [0.29, 0.717) is 31.3 Å². The van der Waals surface area contributed by atoms with E-state index in [-0.39, 0.29) is 32.5 Å². The first-order valence-electron chi connectivity index (χ1n) is 11.0. The van der Waals surface area contributed by atoms with Crippen LogP contribution in [0.5, 0.6) is 5.75 Å². The molecule has 0 bridgehead atoms. The van der Waals surface area contributed by atoms with E-state index in [4.69, 9.17) is 4.74 Å². The molecule has 0 aromatic heterocycles. The molecule has 186 valence electrons. The van der Waals surface area contributed by atoms with Gasteiger partial charge in [-0.1, -0.05) is 0 Å². The first-order chi connectivity index (χ1) is 15.9. The summed E-state index contributed by atoms with van der Waals surface area (Å²) in [5, 5.41) is 15.2. The van der Waals surface area contributed by atoms with Crippen molar-refractivity contribution in [2.75, 3.05) is 26.2 Å². The molecule has 3 atom stereocenters. The van der Waals surface area contributed by atoms with Crippen molar-refractivity contribution in [1.29, 1.82) is 0 Å². The molecule has 0 saturated carbocycles. The van der Waals surface area contributed by atoms with Crippen LogP contribution >= 0.6 is 0 Å². The van der Waals surface area contributed by atoms with Crippen molar-refractivity contribution in [2.45, 2.75) is 44.0 Å². The Morgan fingerprint density at radius 1 is 1.26 bits per heavy atom. The lowest BCUT2D eigenvalue weighted by Gasteiger charge is -2.42. The van der Waals surface area contributed by atoms with Crippen LogP contribution in [0.2, 0.25) is 0 Å². The number of ether oxygens (including phenoxy) is 1. The molecule has 3 N–H and O–H groups in total. The largest absolute Gasteiger partial charge is 0.493 e. The predicted molar refractivity (Wildman–Crippen MR) is 109 cm³/mol. The summed E-state index contributed by atoms with van der Waals surface area (Å²) in [5.74, 6) is -3.18. The van der Waals surface area contributed by atoms with Gasteiger partial charge in [0.15, 0.2) is 0 Å². The minimum Gasteiger partial charge on any atom is -0.493 e. The number of hydrogen-bond donors (Lipinski definition) is 3. The Morgan fingerprint density at radius 2 is 1.94 bits per heavy atom. The highest BCUT2D eigenvalue weighted by Gasteiger charge is 2.60. The Balaban J connectivity index is 1.48. The molecule has 3 aliphatic rings. The number of piperidine rings is 1. The molecule has 0 radical (unpaired) electrons. The molecule has 12 heteroatoms. The van der Waals surface area contributed by atoms with Gasteiger partial charge < -0.3 is 25.4 Å². The summed E-state index contributed by atoms with van der Waals surface area (Å²) in [6, 6.07) is 3.49. The highest BCUT2D eigenvalue weighted by atomic mass is 19.4. The molecule has 3 heterocycles. The Labute approximate surface area is 192 Å². The highest BCUT2D eigenvalue weighted by molar-refractivity contribution is 5.95. The lowest BCUT2D eigenvalue weighted by Crippen LogP contribution is -2.59. The first-order valence-corrected chi connectivity index (χ1v) is 11.0. The number of rotatable bonds is 3. The summed E-state index contributed by atoms with van der Waals surface area (Å²) in [6.07, 6.45) is -4.81. The van der Waals surface area contributed by atoms with Crippen LogP contribution in [0.3, 0.4) is 0 Å². The molecule has 2 saturated heterocycles. The highest BCUT2D eigenvalue weighted by Crippen LogP contribution is 2.44. The second-order valence-electron chi connectivity index (χ2n) is 9.16. The molecular formula is C22H25F4N3O5. The third-order valence-corrected chi connectivity index (χ3v) is 7.14. The molecule has 1 aromatic carbocycles. The van der Waals surface area contributed by atoms with E-state index in [1.807, 2.05) is 0 Å². The Morgan fingerprint density at radius 3 is 2.59 bits per heavy atom. The van der Waals surface area contributed by atoms with Crippen LogP contribution in [0.4, 0.5) is 17.6 Å². The number of likely N-dealkylation sites (tertiary alicyclic amines) is 1. The smallest absolute Gasteiger partial charge is 0.426 e. The fraction of sp³-hybridized carbons (Fsp3) is 0.591. The zero-order chi connectivity index (χ0) is 24.9. The van der Waals surface area contributed by atoms with Gasteiger partial charge in [0.25, 0.3) is 5.91 Å². The maximum atomic E-state index is 13.8. The zero-order valence-corrected chi connectivity index (χ0v) is 18.4. The van der Waals surface area contributed by atoms with Gasteiger partial charge in [-0.25, -0.2) is 4.39 Å². The molecule has 3 aliphatic heterocycles. The van der Waals surface area contributed by atoms with Crippen molar-refractivity contribution >= 4 is 17.7 Å². The van der Waals surface area contributed by atoms with Gasteiger partial charge in [-0.3, -0.25) is 14.4 Å². The van der Waals surface area contributed by atoms with Crippen LogP contribution in [0.25, 0.3) is 0 Å². The van der Waals surface area contributed by atoms with E-state index in [2.05, 4.69) is 10.6 Å². The number of hydrogen-bond acceptors (Lipinski definition) is 5. The SMILES string of the molecule is CC(O)(C(=O)N1CCC2(CC1)C(=O)NCC2C(=O)NC1CCOc2ccc(F)cc21)C(F)(F)F. The molecule has 0 aliphatic carbocycles. The Bertz CT molecular complexity index is 1000. The number of carbonyl (C=O) groups is 3. The van der Waals surface area contributed by atoms with Crippen LogP contribution in [0.15, 0.2) is 18.2 Å². The molecule has 8 nitrogen and oxygen atoms in total. The van der Waals surface area contributed by atoms with Gasteiger partial charge >= 0.3 is 6.18 Å². The van der Waals surface area contributed by atoms with Crippen LogP contribution in [-0.2, 0) is 14.4 Å². The lowest BCUT2D eigenvalue weighted by molar-refractivity contribution is -0.250. The number of fused-ring (bicyclic) bond motifs is 1. The number of nitrogens with one attached hydrogen (secondary N) is 2. The number of benzene rings is 1. The minimum absolute atomic E-state index is 0.0322. The molecular weight excluding hydrogens is 462 g/mol. The number of amides is 3. The molecule has 3 unspecified atom stereocenters. The fourth-order valence-corrected chi connectivity index (χ4v) is 4.97. The first kappa shape index (κ1) is 24.2. The Hall–Kier alpha value is -2.89. The van der Waals surface area contributed by atoms with Gasteiger partial charge in [0.2, 0.25) is 17.4 Å². The molecule has 2 fully saturated rings. The molecule has 1 spiro atoms. The number of halogens is 4. The third kappa shape index (κ3) is 3.97. The lowest BCUT2D eigenvalue weighted by atomic mass is 9.69. The van der Waals surface area contributed by atoms with E-state index in [9.17, 15) is 37.1 Å². The van der Waals surface area contributed by atoms with Gasteiger partial charge in [0.05, 0.1) is 24.0 Å². The predicted octanol–water partition coefficient (Wildman–Crippen LogP) is 1.43. The number of nitrogens with zero attached hydrogens (tertiary/aromatic N) is 1. The van der Waals surface area contributed by atoms with Crippen LogP contribution in [-0.4, -0.2) is 65.7 Å². The zero-order valence-electron chi connectivity index (χ0n) is 18.4. The van der Waals surface area contributed by atoms with Crippen molar-refractivity contribution in [1.82, 2.24) is 15.5 Å². The average molecular weight is 487 g/mol. The van der Waals surface area contributed by atoms with Gasteiger partial charge in [-0.05, 0) is 38.0 Å². The average Bonchev–Trinajstić information content (AvgIpc) is 3.09. The van der Waals surface area contributed by atoms with Crippen molar-refractivity contribution in [3.63, 3.8) is 0 Å². The van der Waals surface area contributed by atoms with Crippen LogP contribution in [0.1, 0.15) is 37.8 Å². The van der Waals surface area contributed by atoms with E-state index in [0.717, 1.165) is 4.90 Å². The second-order valence-corrected chi connectivity index (χ2v) is 9.16. The van der Waals surface area contributed by atoms with E-state index >= 15 is 0 Å². The summed E-state index contributed by atoms with van der Waals surface area (Å²) in [4.78, 5) is 39.1. The fourth-order valence-electron chi connectivity index (χ4n) is 4.97. The Kier molecular flexibility index (Phi) is 5.99. The number of carbonyl (C=O) groups excluding carboxylic acids is 3. The van der Waals surface area contributed by atoms with Crippen molar-refractivity contribution in [3.8, 4) is 5.75 Å². The van der Waals surface area contributed by atoms with Gasteiger partial charge in [-0.2, -0.15) is 13.2 Å². The maximum absolute atomic E-state index is 13.8. The normalized spacial score (nSPS) is 25.7. The van der Waals surface area contributed by atoms with Crippen LogP contribution < -0.4 is 15.4 Å². The quantitative estimate of drug-likeness (QED) is 0.560. The van der Waals surface area contributed by atoms with E-state index in [1.165, 1.54) is 18.2 Å².